The molecule has 0 aromatic carbocycles. The number of H-pyrrole nitrogens is 1. The van der Waals surface area contributed by atoms with Crippen molar-refractivity contribution < 1.29 is 9.18 Å². The first-order valence-corrected chi connectivity index (χ1v) is 8.90. The Morgan fingerprint density at radius 2 is 2.07 bits per heavy atom. The van der Waals surface area contributed by atoms with Crippen molar-refractivity contribution in [2.45, 2.75) is 39.3 Å². The number of carbonyl (C=O) groups excluding carboxylic acids is 1. The van der Waals surface area contributed by atoms with Crippen LogP contribution in [-0.2, 0) is 4.79 Å². The summed E-state index contributed by atoms with van der Waals surface area (Å²) in [5.74, 6) is -0.186. The third-order valence-electron chi connectivity index (χ3n) is 4.02. The van der Waals surface area contributed by atoms with E-state index >= 15 is 0 Å². The van der Waals surface area contributed by atoms with Gasteiger partial charge in [0, 0.05) is 42.4 Å². The number of nitrogens with one attached hydrogen (secondary N) is 3. The molecule has 0 fully saturated rings. The summed E-state index contributed by atoms with van der Waals surface area (Å²) in [5.41, 5.74) is 1.33. The Morgan fingerprint density at radius 1 is 1.30 bits per heavy atom. The van der Waals surface area contributed by atoms with E-state index in [2.05, 4.69) is 30.6 Å². The van der Waals surface area contributed by atoms with Gasteiger partial charge in [0.15, 0.2) is 17.5 Å². The number of pyridine rings is 1. The highest BCUT2D eigenvalue weighted by atomic mass is 35.5. The van der Waals surface area contributed by atoms with Crippen LogP contribution < -0.4 is 10.6 Å². The number of rotatable bonds is 6. The van der Waals surface area contributed by atoms with E-state index in [1.165, 1.54) is 6.92 Å². The van der Waals surface area contributed by atoms with Crippen molar-refractivity contribution in [2.75, 3.05) is 5.32 Å². The van der Waals surface area contributed by atoms with Crippen LogP contribution in [0.5, 0.6) is 0 Å². The minimum Gasteiger partial charge on any atom is -0.365 e. The van der Waals surface area contributed by atoms with Gasteiger partial charge in [-0.2, -0.15) is 0 Å². The number of hydrogen-bond acceptors (Lipinski definition) is 5. The second-order valence-electron chi connectivity index (χ2n) is 6.52. The highest BCUT2D eigenvalue weighted by Crippen LogP contribution is 2.28. The number of amides is 1. The van der Waals surface area contributed by atoms with E-state index in [1.54, 1.807) is 18.5 Å². The van der Waals surface area contributed by atoms with Crippen LogP contribution in [0.2, 0.25) is 5.02 Å². The van der Waals surface area contributed by atoms with Crippen LogP contribution in [0.1, 0.15) is 27.2 Å². The number of aromatic nitrogens is 4. The monoisotopic (exact) mass is 390 g/mol. The van der Waals surface area contributed by atoms with Gasteiger partial charge in [-0.3, -0.25) is 4.79 Å². The van der Waals surface area contributed by atoms with E-state index in [1.807, 2.05) is 13.8 Å². The summed E-state index contributed by atoms with van der Waals surface area (Å²) in [4.78, 5) is 26.8. The lowest BCUT2D eigenvalue weighted by molar-refractivity contribution is -0.119. The fourth-order valence-corrected chi connectivity index (χ4v) is 3.15. The second-order valence-corrected chi connectivity index (χ2v) is 6.96. The molecule has 3 rings (SSSR count). The molecular formula is C18H20ClFN6O. The first kappa shape index (κ1) is 19.0. The summed E-state index contributed by atoms with van der Waals surface area (Å²) < 4.78 is 14.2. The lowest BCUT2D eigenvalue weighted by atomic mass is 10.1. The summed E-state index contributed by atoms with van der Waals surface area (Å²) in [5, 5.41) is 7.10. The molecule has 9 heteroatoms. The van der Waals surface area contributed by atoms with Crippen LogP contribution in [0.3, 0.4) is 0 Å². The van der Waals surface area contributed by atoms with E-state index < -0.39 is 5.82 Å². The maximum Gasteiger partial charge on any atom is 0.217 e. The lowest BCUT2D eigenvalue weighted by Gasteiger charge is -2.20. The zero-order valence-corrected chi connectivity index (χ0v) is 15.9. The summed E-state index contributed by atoms with van der Waals surface area (Å²) in [7, 11) is 0. The maximum atomic E-state index is 14.2. The highest BCUT2D eigenvalue weighted by Gasteiger charge is 2.16. The van der Waals surface area contributed by atoms with Crippen molar-refractivity contribution in [1.29, 1.82) is 0 Å². The number of nitrogens with zero attached hydrogens (tertiary/aromatic N) is 3. The van der Waals surface area contributed by atoms with Crippen LogP contribution in [0.25, 0.3) is 22.4 Å². The molecule has 3 aromatic rings. The maximum absolute atomic E-state index is 14.2. The van der Waals surface area contributed by atoms with E-state index in [9.17, 15) is 9.18 Å². The average molecular weight is 391 g/mol. The van der Waals surface area contributed by atoms with Gasteiger partial charge in [-0.1, -0.05) is 11.6 Å². The van der Waals surface area contributed by atoms with E-state index in [0.29, 0.717) is 28.5 Å². The Kier molecular flexibility index (Phi) is 5.55. The Labute approximate surface area is 160 Å². The molecule has 1 amide bonds. The molecule has 3 N–H and O–H groups in total. The van der Waals surface area contributed by atoms with Gasteiger partial charge in [0.05, 0.1) is 11.2 Å². The molecule has 27 heavy (non-hydrogen) atoms. The van der Waals surface area contributed by atoms with Crippen LogP contribution in [0.4, 0.5) is 10.2 Å². The minimum atomic E-state index is -0.547. The minimum absolute atomic E-state index is 0.0452. The molecule has 3 aromatic heterocycles. The molecule has 2 atom stereocenters. The summed E-state index contributed by atoms with van der Waals surface area (Å²) in [6.45, 7) is 5.26. The second kappa shape index (κ2) is 7.87. The van der Waals surface area contributed by atoms with Crippen molar-refractivity contribution in [3.63, 3.8) is 0 Å². The lowest BCUT2D eigenvalue weighted by Crippen LogP contribution is -2.35. The summed E-state index contributed by atoms with van der Waals surface area (Å²) in [6.07, 6.45) is 5.00. The van der Waals surface area contributed by atoms with Crippen LogP contribution in [0.15, 0.2) is 24.7 Å². The molecule has 2 unspecified atom stereocenters. The van der Waals surface area contributed by atoms with E-state index in [4.69, 9.17) is 11.6 Å². The van der Waals surface area contributed by atoms with Gasteiger partial charge in [-0.25, -0.2) is 19.3 Å². The molecule has 0 saturated heterocycles. The number of hydrogen-bond donors (Lipinski definition) is 3. The standard InChI is InChI=1S/C18H20ClFN6O/c1-9(24-11(3)27)4-10(2)25-18-15(20)8-23-17(26-18)14-7-22-16-13(14)5-12(19)6-21-16/h5-10H,4H2,1-3H3,(H,21,22)(H,24,27)(H,23,25,26). The number of halogens is 2. The predicted molar refractivity (Wildman–Crippen MR) is 103 cm³/mol. The van der Waals surface area contributed by atoms with Crippen molar-refractivity contribution in [3.8, 4) is 11.4 Å². The van der Waals surface area contributed by atoms with E-state index in [-0.39, 0.29) is 23.8 Å². The molecular weight excluding hydrogens is 371 g/mol. The molecule has 0 aliphatic rings. The van der Waals surface area contributed by atoms with E-state index in [0.717, 1.165) is 11.6 Å². The summed E-state index contributed by atoms with van der Waals surface area (Å²) in [6, 6.07) is 1.60. The molecule has 142 valence electrons. The Bertz CT molecular complexity index is 976. The summed E-state index contributed by atoms with van der Waals surface area (Å²) >= 11 is 6.03. The molecule has 0 aliphatic heterocycles. The normalized spacial score (nSPS) is 13.4. The molecule has 0 aliphatic carbocycles. The molecule has 0 saturated carbocycles. The number of aromatic amines is 1. The molecule has 7 nitrogen and oxygen atoms in total. The van der Waals surface area contributed by atoms with Gasteiger partial charge in [-0.15, -0.1) is 0 Å². The van der Waals surface area contributed by atoms with Gasteiger partial charge in [0.1, 0.15) is 5.65 Å². The zero-order valence-electron chi connectivity index (χ0n) is 15.2. The van der Waals surface area contributed by atoms with Crippen molar-refractivity contribution >= 4 is 34.4 Å². The van der Waals surface area contributed by atoms with Crippen molar-refractivity contribution in [2.24, 2.45) is 0 Å². The Balaban J connectivity index is 1.83. The largest absolute Gasteiger partial charge is 0.365 e. The molecule has 0 bridgehead atoms. The highest BCUT2D eigenvalue weighted by molar-refractivity contribution is 6.31. The quantitative estimate of drug-likeness (QED) is 0.598. The fraction of sp³-hybridized carbons (Fsp3) is 0.333. The van der Waals surface area contributed by atoms with Crippen LogP contribution in [0, 0.1) is 5.82 Å². The van der Waals surface area contributed by atoms with Gasteiger partial charge in [-0.05, 0) is 26.3 Å². The fourth-order valence-electron chi connectivity index (χ4n) is 2.99. The number of fused-ring (bicyclic) bond motifs is 1. The van der Waals surface area contributed by atoms with Crippen LogP contribution >= 0.6 is 11.6 Å². The topological polar surface area (TPSA) is 95.6 Å². The Morgan fingerprint density at radius 3 is 2.81 bits per heavy atom. The number of carbonyl (C=O) groups is 1. The Hall–Kier alpha value is -2.74. The smallest absolute Gasteiger partial charge is 0.217 e. The molecule has 0 spiro atoms. The van der Waals surface area contributed by atoms with Gasteiger partial charge in [0.25, 0.3) is 0 Å². The first-order valence-electron chi connectivity index (χ1n) is 8.52. The molecule has 0 radical (unpaired) electrons. The van der Waals surface area contributed by atoms with Crippen molar-refractivity contribution in [1.82, 2.24) is 25.3 Å². The first-order chi connectivity index (χ1) is 12.8. The third-order valence-corrected chi connectivity index (χ3v) is 4.23. The molecule has 3 heterocycles. The van der Waals surface area contributed by atoms with Gasteiger partial charge >= 0.3 is 0 Å². The SMILES string of the molecule is CC(=O)NC(C)CC(C)Nc1nc(-c2c[nH]c3ncc(Cl)cc23)ncc1F. The average Bonchev–Trinajstić information content (AvgIpc) is 2.99. The van der Waals surface area contributed by atoms with Crippen molar-refractivity contribution in [3.05, 3.63) is 35.5 Å². The van der Waals surface area contributed by atoms with Gasteiger partial charge in [0.2, 0.25) is 5.91 Å². The van der Waals surface area contributed by atoms with Crippen LogP contribution in [-0.4, -0.2) is 37.9 Å². The van der Waals surface area contributed by atoms with Gasteiger partial charge < -0.3 is 15.6 Å². The third kappa shape index (κ3) is 4.51. The predicted octanol–water partition coefficient (Wildman–Crippen LogP) is 3.53. The zero-order chi connectivity index (χ0) is 19.6. The number of anilines is 1.